The van der Waals surface area contributed by atoms with Gasteiger partial charge in [-0.2, -0.15) is 5.26 Å². The molecular weight excluding hydrogens is 224 g/mol. The Bertz CT molecular complexity index is 515. The van der Waals surface area contributed by atoms with Crippen LogP contribution < -0.4 is 20.8 Å². The number of methoxy groups -OCH3 is 1. The molecule has 0 aliphatic rings. The number of nitriles is 1. The standard InChI is InChI=1S/C10H12N4O3/c1-12-10(16)13-5-7-8(15)3-6(4-11)14-9(7)17-2/h3H,5H2,1-2H3,(H,14,15)(H2,12,13,16). The van der Waals surface area contributed by atoms with Crippen molar-refractivity contribution < 1.29 is 9.53 Å². The van der Waals surface area contributed by atoms with Crippen molar-refractivity contribution in [3.05, 3.63) is 27.5 Å². The van der Waals surface area contributed by atoms with Crippen molar-refractivity contribution in [2.45, 2.75) is 6.54 Å². The van der Waals surface area contributed by atoms with Gasteiger partial charge in [0.1, 0.15) is 11.8 Å². The lowest BCUT2D eigenvalue weighted by Gasteiger charge is -2.08. The number of carbonyl (C=O) groups excluding carboxylic acids is 1. The highest BCUT2D eigenvalue weighted by molar-refractivity contribution is 5.73. The Balaban J connectivity index is 3.03. The molecule has 0 aliphatic heterocycles. The first-order chi connectivity index (χ1) is 8.12. The largest absolute Gasteiger partial charge is 0.482 e. The molecule has 1 heterocycles. The minimum atomic E-state index is -0.407. The molecule has 0 spiro atoms. The van der Waals surface area contributed by atoms with Crippen molar-refractivity contribution in [2.75, 3.05) is 14.2 Å². The minimum Gasteiger partial charge on any atom is -0.482 e. The zero-order chi connectivity index (χ0) is 12.8. The number of H-pyrrole nitrogens is 1. The second kappa shape index (κ2) is 5.55. The van der Waals surface area contributed by atoms with Crippen LogP contribution in [0, 0.1) is 11.3 Å². The molecule has 90 valence electrons. The second-order valence-corrected chi connectivity index (χ2v) is 3.10. The van der Waals surface area contributed by atoms with Crippen LogP contribution in [0.4, 0.5) is 4.79 Å². The number of aromatic nitrogens is 1. The van der Waals surface area contributed by atoms with Gasteiger partial charge in [0, 0.05) is 13.1 Å². The summed E-state index contributed by atoms with van der Waals surface area (Å²) in [6.07, 6.45) is 0. The third kappa shape index (κ3) is 2.98. The van der Waals surface area contributed by atoms with E-state index >= 15 is 0 Å². The van der Waals surface area contributed by atoms with Crippen LogP contribution in [-0.2, 0) is 6.54 Å². The number of hydrogen-bond donors (Lipinski definition) is 3. The highest BCUT2D eigenvalue weighted by Crippen LogP contribution is 2.10. The van der Waals surface area contributed by atoms with E-state index in [1.165, 1.54) is 14.2 Å². The van der Waals surface area contributed by atoms with Crippen molar-refractivity contribution in [2.24, 2.45) is 0 Å². The maximum Gasteiger partial charge on any atom is 0.314 e. The number of hydrogen-bond acceptors (Lipinski definition) is 4. The molecule has 0 aromatic carbocycles. The van der Waals surface area contributed by atoms with E-state index in [1.54, 1.807) is 0 Å². The van der Waals surface area contributed by atoms with E-state index in [2.05, 4.69) is 15.6 Å². The maximum atomic E-state index is 11.7. The quantitative estimate of drug-likeness (QED) is 0.668. The topological polar surface area (TPSA) is 107 Å². The van der Waals surface area contributed by atoms with Crippen LogP contribution in [0.3, 0.4) is 0 Å². The molecule has 1 aromatic rings. The number of carbonyl (C=O) groups is 1. The summed E-state index contributed by atoms with van der Waals surface area (Å²) in [5, 5.41) is 13.5. The molecule has 3 N–H and O–H groups in total. The molecule has 7 nitrogen and oxygen atoms in total. The summed E-state index contributed by atoms with van der Waals surface area (Å²) in [7, 11) is 2.84. The number of nitrogens with one attached hydrogen (secondary N) is 3. The molecule has 7 heteroatoms. The normalized spacial score (nSPS) is 9.24. The average Bonchev–Trinajstić information content (AvgIpc) is 2.35. The molecule has 1 rings (SSSR count). The Labute approximate surface area is 97.4 Å². The van der Waals surface area contributed by atoms with Crippen LogP contribution in [0.5, 0.6) is 5.88 Å². The van der Waals surface area contributed by atoms with Gasteiger partial charge in [0.05, 0.1) is 19.2 Å². The van der Waals surface area contributed by atoms with Crippen LogP contribution in [-0.4, -0.2) is 25.2 Å². The molecule has 0 saturated carbocycles. The van der Waals surface area contributed by atoms with Crippen molar-refractivity contribution in [3.63, 3.8) is 0 Å². The summed E-state index contributed by atoms with van der Waals surface area (Å²) in [4.78, 5) is 25.3. The van der Waals surface area contributed by atoms with Gasteiger partial charge in [0.15, 0.2) is 5.43 Å². The highest BCUT2D eigenvalue weighted by atomic mass is 16.5. The van der Waals surface area contributed by atoms with Gasteiger partial charge in [-0.3, -0.25) is 4.79 Å². The van der Waals surface area contributed by atoms with Crippen molar-refractivity contribution >= 4 is 6.03 Å². The predicted molar refractivity (Wildman–Crippen MR) is 59.6 cm³/mol. The Kier molecular flexibility index (Phi) is 4.11. The summed E-state index contributed by atoms with van der Waals surface area (Å²) in [5.74, 6) is 0.172. The fourth-order valence-electron chi connectivity index (χ4n) is 1.22. The average molecular weight is 236 g/mol. The maximum absolute atomic E-state index is 11.7. The Hall–Kier alpha value is -2.49. The van der Waals surface area contributed by atoms with Crippen molar-refractivity contribution in [1.82, 2.24) is 15.6 Å². The molecule has 0 aliphatic carbocycles. The highest BCUT2D eigenvalue weighted by Gasteiger charge is 2.11. The van der Waals surface area contributed by atoms with Gasteiger partial charge in [0.25, 0.3) is 0 Å². The van der Waals surface area contributed by atoms with Crippen LogP contribution in [0.15, 0.2) is 10.9 Å². The second-order valence-electron chi connectivity index (χ2n) is 3.10. The van der Waals surface area contributed by atoms with E-state index < -0.39 is 6.03 Å². The first kappa shape index (κ1) is 12.6. The van der Waals surface area contributed by atoms with Gasteiger partial charge >= 0.3 is 6.03 Å². The third-order valence-electron chi connectivity index (χ3n) is 2.07. The Morgan fingerprint density at radius 1 is 1.65 bits per heavy atom. The zero-order valence-corrected chi connectivity index (χ0v) is 9.46. The van der Waals surface area contributed by atoms with Crippen LogP contribution in [0.1, 0.15) is 11.3 Å². The zero-order valence-electron chi connectivity index (χ0n) is 9.46. The molecular formula is C10H12N4O3. The lowest BCUT2D eigenvalue weighted by molar-refractivity contribution is 0.242. The SMILES string of the molecule is CNC(=O)NCc1c(OC)[nH]c(C#N)cc1=O. The van der Waals surface area contributed by atoms with Gasteiger partial charge < -0.3 is 20.4 Å². The summed E-state index contributed by atoms with van der Waals surface area (Å²) in [6.45, 7) is 0.0177. The van der Waals surface area contributed by atoms with Gasteiger partial charge in [-0.1, -0.05) is 0 Å². The number of aromatic amines is 1. The molecule has 0 unspecified atom stereocenters. The number of nitrogens with zero attached hydrogens (tertiary/aromatic N) is 1. The van der Waals surface area contributed by atoms with E-state index in [0.29, 0.717) is 0 Å². The van der Waals surface area contributed by atoms with Crippen LogP contribution in [0.2, 0.25) is 0 Å². The molecule has 17 heavy (non-hydrogen) atoms. The smallest absolute Gasteiger partial charge is 0.314 e. The number of rotatable bonds is 3. The fraction of sp³-hybridized carbons (Fsp3) is 0.300. The molecule has 0 radical (unpaired) electrons. The van der Waals surface area contributed by atoms with E-state index in [0.717, 1.165) is 6.07 Å². The fourth-order valence-corrected chi connectivity index (χ4v) is 1.22. The lowest BCUT2D eigenvalue weighted by Crippen LogP contribution is -2.33. The first-order valence-corrected chi connectivity index (χ1v) is 4.78. The first-order valence-electron chi connectivity index (χ1n) is 4.78. The van der Waals surface area contributed by atoms with E-state index in [9.17, 15) is 9.59 Å². The number of ether oxygens (including phenoxy) is 1. The van der Waals surface area contributed by atoms with E-state index in [4.69, 9.17) is 10.00 Å². The van der Waals surface area contributed by atoms with Gasteiger partial charge in [-0.25, -0.2) is 4.79 Å². The van der Waals surface area contributed by atoms with Crippen molar-refractivity contribution in [3.8, 4) is 11.9 Å². The van der Waals surface area contributed by atoms with Crippen LogP contribution >= 0.6 is 0 Å². The number of amides is 2. The molecule has 1 aromatic heterocycles. The molecule has 0 bridgehead atoms. The summed E-state index contributed by atoms with van der Waals surface area (Å²) in [6, 6.07) is 2.56. The lowest BCUT2D eigenvalue weighted by atomic mass is 10.2. The monoisotopic (exact) mass is 236 g/mol. The molecule has 2 amide bonds. The Morgan fingerprint density at radius 2 is 2.35 bits per heavy atom. The predicted octanol–water partition coefficient (Wildman–Crippen LogP) is -0.316. The van der Waals surface area contributed by atoms with Gasteiger partial charge in [-0.15, -0.1) is 0 Å². The van der Waals surface area contributed by atoms with Crippen molar-refractivity contribution in [1.29, 1.82) is 5.26 Å². The van der Waals surface area contributed by atoms with Gasteiger partial charge in [0.2, 0.25) is 5.88 Å². The number of urea groups is 1. The van der Waals surface area contributed by atoms with Gasteiger partial charge in [-0.05, 0) is 0 Å². The van der Waals surface area contributed by atoms with Crippen LogP contribution in [0.25, 0.3) is 0 Å². The van der Waals surface area contributed by atoms with E-state index in [-0.39, 0.29) is 29.1 Å². The molecule has 0 atom stereocenters. The minimum absolute atomic E-state index is 0.0177. The molecule has 0 fully saturated rings. The third-order valence-corrected chi connectivity index (χ3v) is 2.07. The summed E-state index contributed by atoms with van der Waals surface area (Å²) < 4.78 is 4.96. The Morgan fingerprint density at radius 3 is 2.88 bits per heavy atom. The summed E-state index contributed by atoms with van der Waals surface area (Å²) >= 11 is 0. The number of pyridine rings is 1. The summed E-state index contributed by atoms with van der Waals surface area (Å²) in [5.41, 5.74) is -0.000744. The molecule has 0 saturated heterocycles. The van der Waals surface area contributed by atoms with E-state index in [1.807, 2.05) is 6.07 Å².